The molecule has 0 aromatic heterocycles. The highest BCUT2D eigenvalue weighted by Crippen LogP contribution is 2.46. The van der Waals surface area contributed by atoms with Gasteiger partial charge in [0.25, 0.3) is 0 Å². The average molecular weight is 568 g/mol. The van der Waals surface area contributed by atoms with Gasteiger partial charge in [-0.05, 0) is 118 Å². The molecule has 1 nitrogen and oxygen atoms in total. The molecular formula is C41H61N. The zero-order valence-electron chi connectivity index (χ0n) is 27.3. The van der Waals surface area contributed by atoms with Crippen LogP contribution in [0.25, 0.3) is 0 Å². The minimum atomic E-state index is 0.468. The van der Waals surface area contributed by atoms with Crippen LogP contribution in [-0.2, 0) is 0 Å². The first kappa shape index (κ1) is 31.4. The summed E-state index contributed by atoms with van der Waals surface area (Å²) in [5.74, 6) is 6.00. The van der Waals surface area contributed by atoms with Crippen molar-refractivity contribution in [1.82, 2.24) is 4.90 Å². The van der Waals surface area contributed by atoms with Crippen molar-refractivity contribution in [3.05, 3.63) is 85.2 Å². The van der Waals surface area contributed by atoms with Crippen LogP contribution in [-0.4, -0.2) is 17.0 Å². The molecule has 1 heteroatoms. The van der Waals surface area contributed by atoms with Crippen LogP contribution in [0.15, 0.2) is 85.2 Å². The van der Waals surface area contributed by atoms with Crippen molar-refractivity contribution in [2.45, 2.75) is 123 Å². The van der Waals surface area contributed by atoms with Gasteiger partial charge in [-0.15, -0.1) is 0 Å². The maximum absolute atomic E-state index is 4.41. The Balaban J connectivity index is 1.36. The van der Waals surface area contributed by atoms with Gasteiger partial charge in [-0.2, -0.15) is 0 Å². The number of rotatable bonds is 10. The summed E-state index contributed by atoms with van der Waals surface area (Å²) < 4.78 is 0. The number of hydrogen-bond donors (Lipinski definition) is 0. The Kier molecular flexibility index (Phi) is 11.3. The van der Waals surface area contributed by atoms with Crippen LogP contribution in [0, 0.1) is 47.3 Å². The topological polar surface area (TPSA) is 3.24 Å². The molecule has 42 heavy (non-hydrogen) atoms. The molecule has 0 saturated heterocycles. The van der Waals surface area contributed by atoms with Gasteiger partial charge in [0.05, 0.1) is 0 Å². The second-order valence-corrected chi connectivity index (χ2v) is 14.8. The lowest BCUT2D eigenvalue weighted by atomic mass is 9.63. The van der Waals surface area contributed by atoms with Gasteiger partial charge in [-0.1, -0.05) is 119 Å². The SMILES string of the molecule is C=C/C(C)=C\C1CCC2CC(N(/C(C=C)=C/CC(C)C3CCCCC3)C3C=CC(C4C=CCCC4)CC3)C=CC2C1C. The van der Waals surface area contributed by atoms with Gasteiger partial charge in [-0.3, -0.25) is 0 Å². The molecule has 5 aliphatic rings. The molecule has 9 atom stereocenters. The lowest BCUT2D eigenvalue weighted by Crippen LogP contribution is -2.46. The summed E-state index contributed by atoms with van der Waals surface area (Å²) in [6.07, 6.45) is 43.6. The highest BCUT2D eigenvalue weighted by atomic mass is 15.2. The molecule has 2 fully saturated rings. The van der Waals surface area contributed by atoms with Crippen molar-refractivity contribution in [2.24, 2.45) is 47.3 Å². The molecule has 0 aromatic carbocycles. The van der Waals surface area contributed by atoms with Gasteiger partial charge < -0.3 is 4.90 Å². The normalized spacial score (nSPS) is 36.7. The fourth-order valence-corrected chi connectivity index (χ4v) is 9.41. The van der Waals surface area contributed by atoms with Crippen LogP contribution in [0.1, 0.15) is 111 Å². The third kappa shape index (κ3) is 7.54. The van der Waals surface area contributed by atoms with E-state index in [1.165, 1.54) is 101 Å². The second kappa shape index (κ2) is 15.1. The van der Waals surface area contributed by atoms with E-state index in [1.54, 1.807) is 0 Å². The number of nitrogens with zero attached hydrogens (tertiary/aromatic N) is 1. The molecule has 0 radical (unpaired) electrons. The second-order valence-electron chi connectivity index (χ2n) is 14.8. The lowest BCUT2D eigenvalue weighted by molar-refractivity contribution is 0.108. The minimum Gasteiger partial charge on any atom is -0.359 e. The summed E-state index contributed by atoms with van der Waals surface area (Å²) >= 11 is 0. The Morgan fingerprint density at radius 1 is 0.833 bits per heavy atom. The lowest BCUT2D eigenvalue weighted by Gasteiger charge is -2.48. The van der Waals surface area contributed by atoms with E-state index in [0.717, 1.165) is 29.6 Å². The molecule has 0 spiro atoms. The van der Waals surface area contributed by atoms with Crippen LogP contribution in [0.4, 0.5) is 0 Å². The van der Waals surface area contributed by atoms with Crippen molar-refractivity contribution in [2.75, 3.05) is 0 Å². The molecule has 0 heterocycles. The zero-order chi connectivity index (χ0) is 29.5. The molecule has 0 aromatic rings. The Bertz CT molecular complexity index is 1050. The molecule has 9 unspecified atom stereocenters. The number of hydrogen-bond acceptors (Lipinski definition) is 1. The molecule has 0 bridgehead atoms. The summed E-state index contributed by atoms with van der Waals surface area (Å²) in [7, 11) is 0. The predicted molar refractivity (Wildman–Crippen MR) is 183 cm³/mol. The maximum Gasteiger partial charge on any atom is 0.0482 e. The van der Waals surface area contributed by atoms with Crippen LogP contribution < -0.4 is 0 Å². The molecule has 5 rings (SSSR count). The zero-order valence-corrected chi connectivity index (χ0v) is 27.3. The van der Waals surface area contributed by atoms with Crippen molar-refractivity contribution in [3.63, 3.8) is 0 Å². The molecule has 230 valence electrons. The smallest absolute Gasteiger partial charge is 0.0482 e. The first-order chi connectivity index (χ1) is 20.5. The third-order valence-corrected chi connectivity index (χ3v) is 12.2. The number of allylic oxidation sites excluding steroid dienone is 9. The highest BCUT2D eigenvalue weighted by molar-refractivity contribution is 5.25. The molecule has 2 saturated carbocycles. The fourth-order valence-electron chi connectivity index (χ4n) is 9.41. The summed E-state index contributed by atoms with van der Waals surface area (Å²) in [6.45, 7) is 15.6. The Hall–Kier alpha value is -2.02. The molecule has 0 aliphatic heterocycles. The van der Waals surface area contributed by atoms with Crippen LogP contribution in [0.3, 0.4) is 0 Å². The van der Waals surface area contributed by atoms with Crippen molar-refractivity contribution >= 4 is 0 Å². The Morgan fingerprint density at radius 2 is 1.62 bits per heavy atom. The first-order valence-corrected chi connectivity index (χ1v) is 17.9. The summed E-state index contributed by atoms with van der Waals surface area (Å²) in [5, 5.41) is 0. The molecule has 5 aliphatic carbocycles. The summed E-state index contributed by atoms with van der Waals surface area (Å²) in [6, 6.07) is 0.941. The third-order valence-electron chi connectivity index (χ3n) is 12.2. The van der Waals surface area contributed by atoms with Gasteiger partial charge in [-0.25, -0.2) is 0 Å². The van der Waals surface area contributed by atoms with E-state index in [4.69, 9.17) is 0 Å². The Morgan fingerprint density at radius 3 is 2.31 bits per heavy atom. The van der Waals surface area contributed by atoms with Gasteiger partial charge >= 0.3 is 0 Å². The monoisotopic (exact) mass is 567 g/mol. The van der Waals surface area contributed by atoms with Gasteiger partial charge in [0.1, 0.15) is 0 Å². The average Bonchev–Trinajstić information content (AvgIpc) is 3.05. The van der Waals surface area contributed by atoms with Crippen LogP contribution in [0.5, 0.6) is 0 Å². The van der Waals surface area contributed by atoms with Crippen molar-refractivity contribution in [1.29, 1.82) is 0 Å². The maximum atomic E-state index is 4.41. The number of fused-ring (bicyclic) bond motifs is 1. The highest BCUT2D eigenvalue weighted by Gasteiger charge is 2.40. The minimum absolute atomic E-state index is 0.468. The van der Waals surface area contributed by atoms with Crippen molar-refractivity contribution in [3.8, 4) is 0 Å². The Labute approximate surface area is 259 Å². The molecule has 0 amide bonds. The van der Waals surface area contributed by atoms with Crippen molar-refractivity contribution < 1.29 is 0 Å². The van der Waals surface area contributed by atoms with Gasteiger partial charge in [0.15, 0.2) is 0 Å². The first-order valence-electron chi connectivity index (χ1n) is 17.9. The van der Waals surface area contributed by atoms with Crippen LogP contribution in [0.2, 0.25) is 0 Å². The van der Waals surface area contributed by atoms with E-state index >= 15 is 0 Å². The standard InChI is InChI=1S/C41H61N/c1-6-30(3)28-36-19-20-37-29-40(26-27-41(37)32(36)5)42(38(7-2)23-18-31(4)33-14-10-8-11-15-33)39-24-21-35(22-25-39)34-16-12-9-13-17-34/h6-7,12,16,21,23-24,26-28,31-37,39-41H,1-2,8-11,13-15,17-20,22,25,29H2,3-5H3/b30-28-,38-23+. The van der Waals surface area contributed by atoms with Gasteiger partial charge in [0, 0.05) is 17.8 Å². The van der Waals surface area contributed by atoms with E-state index in [0.29, 0.717) is 29.8 Å². The predicted octanol–water partition coefficient (Wildman–Crippen LogP) is 11.4. The summed E-state index contributed by atoms with van der Waals surface area (Å²) in [4.78, 5) is 2.81. The van der Waals surface area contributed by atoms with E-state index in [9.17, 15) is 0 Å². The molecular weight excluding hydrogens is 506 g/mol. The van der Waals surface area contributed by atoms with E-state index < -0.39 is 0 Å². The quantitative estimate of drug-likeness (QED) is 0.187. The fraction of sp³-hybridized carbons (Fsp3) is 0.659. The van der Waals surface area contributed by atoms with E-state index in [2.05, 4.69) is 93.5 Å². The summed E-state index contributed by atoms with van der Waals surface area (Å²) in [5.41, 5.74) is 2.73. The largest absolute Gasteiger partial charge is 0.359 e. The van der Waals surface area contributed by atoms with Crippen LogP contribution >= 0.6 is 0 Å². The van der Waals surface area contributed by atoms with Gasteiger partial charge in [0.2, 0.25) is 0 Å². The van der Waals surface area contributed by atoms with E-state index in [1.807, 2.05) is 6.08 Å². The molecule has 0 N–H and O–H groups in total. The van der Waals surface area contributed by atoms with E-state index in [-0.39, 0.29) is 0 Å².